The van der Waals surface area contributed by atoms with Crippen LogP contribution in [0.4, 0.5) is 0 Å². The summed E-state index contributed by atoms with van der Waals surface area (Å²) >= 11 is 7.36. The summed E-state index contributed by atoms with van der Waals surface area (Å²) in [5.74, 6) is -1.31. The summed E-state index contributed by atoms with van der Waals surface area (Å²) in [6.07, 6.45) is 0. The number of rotatable bonds is 9. The van der Waals surface area contributed by atoms with Crippen molar-refractivity contribution < 1.29 is 14.3 Å². The molecule has 1 amide bonds. The van der Waals surface area contributed by atoms with Gasteiger partial charge >= 0.3 is 5.97 Å². The van der Waals surface area contributed by atoms with Gasteiger partial charge in [-0.2, -0.15) is 5.26 Å². The van der Waals surface area contributed by atoms with Gasteiger partial charge in [0.25, 0.3) is 0 Å². The number of esters is 1. The highest BCUT2D eigenvalue weighted by Gasteiger charge is 2.37. The summed E-state index contributed by atoms with van der Waals surface area (Å²) in [7, 11) is 0. The second-order valence-corrected chi connectivity index (χ2v) is 9.81. The number of nitrogens with zero attached hydrogens (tertiary/aromatic N) is 1. The number of nitriles is 1. The maximum atomic E-state index is 13.3. The summed E-state index contributed by atoms with van der Waals surface area (Å²) in [5, 5.41) is 17.5. The molecule has 1 unspecified atom stereocenters. The van der Waals surface area contributed by atoms with Gasteiger partial charge < -0.3 is 15.4 Å². The third kappa shape index (κ3) is 6.46. The van der Waals surface area contributed by atoms with E-state index >= 15 is 0 Å². The first-order valence-electron chi connectivity index (χ1n) is 12.1. The molecule has 38 heavy (non-hydrogen) atoms. The van der Waals surface area contributed by atoms with Gasteiger partial charge in [-0.15, -0.1) is 0 Å². The van der Waals surface area contributed by atoms with Gasteiger partial charge in [-0.05, 0) is 35.7 Å². The van der Waals surface area contributed by atoms with E-state index in [0.717, 1.165) is 16.7 Å². The molecule has 3 aromatic carbocycles. The van der Waals surface area contributed by atoms with E-state index in [9.17, 15) is 14.9 Å². The van der Waals surface area contributed by atoms with Gasteiger partial charge in [0.1, 0.15) is 0 Å². The van der Waals surface area contributed by atoms with Crippen molar-refractivity contribution in [1.82, 2.24) is 10.6 Å². The predicted octanol–water partition coefficient (Wildman–Crippen LogP) is 5.79. The Morgan fingerprint density at radius 2 is 1.68 bits per heavy atom. The Hall–Kier alpha value is -3.99. The largest absolute Gasteiger partial charge is 0.463 e. The lowest BCUT2D eigenvalue weighted by Crippen LogP contribution is -2.30. The fraction of sp³-hybridized carbons (Fsp3) is 0.167. The van der Waals surface area contributed by atoms with Gasteiger partial charge in [0.2, 0.25) is 5.91 Å². The molecular weight excluding hydrogens is 518 g/mol. The third-order valence-electron chi connectivity index (χ3n) is 5.89. The lowest BCUT2D eigenvalue weighted by molar-refractivity contribution is -0.138. The van der Waals surface area contributed by atoms with Crippen LogP contribution in [0.3, 0.4) is 0 Å². The second kappa shape index (κ2) is 13.0. The quantitative estimate of drug-likeness (QED) is 0.332. The molecule has 0 saturated heterocycles. The summed E-state index contributed by atoms with van der Waals surface area (Å²) in [6, 6.07) is 28.4. The summed E-state index contributed by atoms with van der Waals surface area (Å²) < 4.78 is 5.44. The van der Waals surface area contributed by atoms with E-state index in [1.54, 1.807) is 31.2 Å². The third-order valence-corrected chi connectivity index (χ3v) is 7.16. The number of carbonyl (C=O) groups excluding carboxylic acids is 2. The zero-order valence-corrected chi connectivity index (χ0v) is 22.3. The number of ether oxygens (including phenoxy) is 1. The van der Waals surface area contributed by atoms with Crippen molar-refractivity contribution in [2.75, 3.05) is 12.4 Å². The fourth-order valence-electron chi connectivity index (χ4n) is 4.13. The van der Waals surface area contributed by atoms with Crippen molar-refractivity contribution in [1.29, 1.82) is 5.26 Å². The highest BCUT2D eigenvalue weighted by molar-refractivity contribution is 8.03. The lowest BCUT2D eigenvalue weighted by atomic mass is 9.81. The van der Waals surface area contributed by atoms with E-state index in [0.29, 0.717) is 33.4 Å². The van der Waals surface area contributed by atoms with Crippen molar-refractivity contribution in [3.05, 3.63) is 123 Å². The van der Waals surface area contributed by atoms with Crippen molar-refractivity contribution in [3.63, 3.8) is 0 Å². The minimum absolute atomic E-state index is 0.0878. The molecule has 0 saturated carbocycles. The number of hydrogen-bond donors (Lipinski definition) is 2. The van der Waals surface area contributed by atoms with E-state index < -0.39 is 11.9 Å². The minimum Gasteiger partial charge on any atom is -0.463 e. The molecule has 0 spiro atoms. The number of dihydropyridines is 1. The van der Waals surface area contributed by atoms with Crippen LogP contribution in [0.25, 0.3) is 5.70 Å². The van der Waals surface area contributed by atoms with Crippen LogP contribution < -0.4 is 10.6 Å². The summed E-state index contributed by atoms with van der Waals surface area (Å²) in [5.41, 5.74) is 3.67. The molecule has 3 aromatic rings. The van der Waals surface area contributed by atoms with Gasteiger partial charge in [-0.3, -0.25) is 4.79 Å². The topological polar surface area (TPSA) is 91.2 Å². The molecule has 6 nitrogen and oxygen atoms in total. The van der Waals surface area contributed by atoms with Crippen LogP contribution in [0.1, 0.15) is 29.5 Å². The Kier molecular flexibility index (Phi) is 9.26. The van der Waals surface area contributed by atoms with Crippen LogP contribution in [-0.2, 0) is 20.9 Å². The molecule has 192 valence electrons. The van der Waals surface area contributed by atoms with Crippen LogP contribution in [-0.4, -0.2) is 24.2 Å². The molecule has 0 bridgehead atoms. The van der Waals surface area contributed by atoms with Crippen molar-refractivity contribution in [2.45, 2.75) is 19.4 Å². The SMILES string of the molecule is CCOC(=O)C1=C(c2ccccc2)NC(SCC(=O)NCc2ccccc2)=C(C#N)C1c1ccc(Cl)cc1. The Morgan fingerprint density at radius 3 is 2.32 bits per heavy atom. The van der Waals surface area contributed by atoms with Crippen LogP contribution in [0, 0.1) is 11.3 Å². The minimum atomic E-state index is -0.706. The zero-order chi connectivity index (χ0) is 26.9. The predicted molar refractivity (Wildman–Crippen MR) is 151 cm³/mol. The molecule has 8 heteroatoms. The number of halogens is 1. The Labute approximate surface area is 231 Å². The van der Waals surface area contributed by atoms with Gasteiger partial charge in [0.05, 0.1) is 46.2 Å². The number of amides is 1. The first kappa shape index (κ1) is 27.1. The number of benzene rings is 3. The number of nitrogens with one attached hydrogen (secondary N) is 2. The Bertz CT molecular complexity index is 1400. The van der Waals surface area contributed by atoms with Gasteiger partial charge in [-0.1, -0.05) is 96.2 Å². The molecule has 4 rings (SSSR count). The molecule has 0 aromatic heterocycles. The van der Waals surface area contributed by atoms with Gasteiger partial charge in [0, 0.05) is 11.6 Å². The number of thioether (sulfide) groups is 1. The smallest absolute Gasteiger partial charge is 0.337 e. The molecule has 2 N–H and O–H groups in total. The maximum absolute atomic E-state index is 13.3. The van der Waals surface area contributed by atoms with Crippen molar-refractivity contribution >= 4 is 40.9 Å². The van der Waals surface area contributed by atoms with E-state index in [4.69, 9.17) is 16.3 Å². The standard InChI is InChI=1S/C30H26ClN3O3S/c1-2-37-30(36)27-26(21-13-15-23(31)16-14-21)24(17-32)29(34-28(27)22-11-7-4-8-12-22)38-19-25(35)33-18-20-9-5-3-6-10-20/h3-16,26,34H,2,18-19H2,1H3,(H,33,35). The van der Waals surface area contributed by atoms with E-state index in [-0.39, 0.29) is 18.3 Å². The van der Waals surface area contributed by atoms with Crippen LogP contribution in [0.15, 0.2) is 101 Å². The zero-order valence-electron chi connectivity index (χ0n) is 20.7. The maximum Gasteiger partial charge on any atom is 0.337 e. The number of allylic oxidation sites excluding steroid dienone is 1. The summed E-state index contributed by atoms with van der Waals surface area (Å²) in [6.45, 7) is 2.34. The Balaban J connectivity index is 1.71. The van der Waals surface area contributed by atoms with Gasteiger partial charge in [-0.25, -0.2) is 4.79 Å². The van der Waals surface area contributed by atoms with Crippen LogP contribution in [0.2, 0.25) is 5.02 Å². The van der Waals surface area contributed by atoms with Gasteiger partial charge in [0.15, 0.2) is 0 Å². The lowest BCUT2D eigenvalue weighted by Gasteiger charge is -2.30. The molecule has 0 radical (unpaired) electrons. The van der Waals surface area contributed by atoms with E-state index in [1.165, 1.54) is 11.8 Å². The molecule has 1 aliphatic rings. The first-order chi connectivity index (χ1) is 18.5. The summed E-state index contributed by atoms with van der Waals surface area (Å²) in [4.78, 5) is 26.0. The molecular formula is C30H26ClN3O3S. The molecule has 0 fully saturated rings. The normalized spacial score (nSPS) is 14.9. The van der Waals surface area contributed by atoms with E-state index in [1.807, 2.05) is 60.7 Å². The molecule has 1 aliphatic heterocycles. The highest BCUT2D eigenvalue weighted by Crippen LogP contribution is 2.43. The monoisotopic (exact) mass is 543 g/mol. The Morgan fingerprint density at radius 1 is 1.03 bits per heavy atom. The molecule has 1 atom stereocenters. The molecule has 1 heterocycles. The van der Waals surface area contributed by atoms with Crippen molar-refractivity contribution in [3.8, 4) is 6.07 Å². The average molecular weight is 544 g/mol. The van der Waals surface area contributed by atoms with Crippen LogP contribution >= 0.6 is 23.4 Å². The second-order valence-electron chi connectivity index (χ2n) is 8.39. The van der Waals surface area contributed by atoms with Crippen LogP contribution in [0.5, 0.6) is 0 Å². The molecule has 0 aliphatic carbocycles. The number of carbonyl (C=O) groups is 2. The highest BCUT2D eigenvalue weighted by atomic mass is 35.5. The average Bonchev–Trinajstić information content (AvgIpc) is 2.95. The first-order valence-corrected chi connectivity index (χ1v) is 13.4. The fourth-order valence-corrected chi connectivity index (χ4v) is 5.13. The van der Waals surface area contributed by atoms with Crippen molar-refractivity contribution in [2.24, 2.45) is 0 Å². The van der Waals surface area contributed by atoms with E-state index in [2.05, 4.69) is 16.7 Å². The number of hydrogen-bond acceptors (Lipinski definition) is 6.